The van der Waals surface area contributed by atoms with Gasteiger partial charge in [0.1, 0.15) is 11.6 Å². The molecule has 0 aliphatic carbocycles. The summed E-state index contributed by atoms with van der Waals surface area (Å²) in [6.07, 6.45) is 6.24. The van der Waals surface area contributed by atoms with Crippen molar-refractivity contribution in [2.24, 2.45) is 11.7 Å². The molecule has 1 aromatic heterocycles. The third-order valence-electron chi connectivity index (χ3n) is 3.04. The summed E-state index contributed by atoms with van der Waals surface area (Å²) >= 11 is 0. The number of furan rings is 1. The number of carbonyl (C=O) groups excluding carboxylic acids is 1. The number of hydrogen-bond donors (Lipinski definition) is 3. The minimum Gasteiger partial charge on any atom is -0.465 e. The highest BCUT2D eigenvalue weighted by Crippen LogP contribution is 2.27. The average molecular weight is 320 g/mol. The molecule has 0 spiro atoms. The number of hydrogen-bond acceptors (Lipinski definition) is 5. The third kappa shape index (κ3) is 5.24. The van der Waals surface area contributed by atoms with Crippen LogP contribution in [-0.4, -0.2) is 13.5 Å². The molecule has 2 rings (SSSR count). The van der Waals surface area contributed by atoms with E-state index >= 15 is 0 Å². The van der Waals surface area contributed by atoms with E-state index in [1.54, 1.807) is 30.9 Å². The quantitative estimate of drug-likeness (QED) is 0.339. The molecule has 0 aliphatic rings. The first-order valence-corrected chi connectivity index (χ1v) is 6.96. The standard InChI is InChI=1S/C15H17FN2O.CH4N2O/c1-3-12-13(7-6-11-5-4-10-19-11)15(18(2)17)9-8-14(12)16;2-3-1-4/h4-10H,3,17H2,1-2H3;1H,2H2,(H,3,4)/b7-6+;. The molecule has 1 aromatic carbocycles. The lowest BCUT2D eigenvalue weighted by molar-refractivity contribution is -0.109. The number of nitrogens with two attached hydrogens (primary N) is 2. The fourth-order valence-corrected chi connectivity index (χ4v) is 2.03. The fraction of sp³-hybridized carbons (Fsp3) is 0.188. The number of nitrogens with zero attached hydrogens (tertiary/aromatic N) is 1. The molecule has 1 heterocycles. The lowest BCUT2D eigenvalue weighted by atomic mass is 10.0. The summed E-state index contributed by atoms with van der Waals surface area (Å²) in [5, 5.41) is 1.49. The van der Waals surface area contributed by atoms with Crippen molar-refractivity contribution in [1.82, 2.24) is 5.43 Å². The summed E-state index contributed by atoms with van der Waals surface area (Å²) in [5.41, 5.74) is 3.96. The van der Waals surface area contributed by atoms with Crippen LogP contribution in [0.25, 0.3) is 12.2 Å². The minimum atomic E-state index is -0.216. The number of hydrazine groups is 2. The second-order valence-corrected chi connectivity index (χ2v) is 4.56. The summed E-state index contributed by atoms with van der Waals surface area (Å²) in [6, 6.07) is 6.77. The van der Waals surface area contributed by atoms with Gasteiger partial charge in [-0.15, -0.1) is 0 Å². The van der Waals surface area contributed by atoms with Gasteiger partial charge >= 0.3 is 0 Å². The van der Waals surface area contributed by atoms with Crippen LogP contribution in [0, 0.1) is 5.82 Å². The number of halogens is 1. The Labute approximate surface area is 134 Å². The van der Waals surface area contributed by atoms with E-state index in [2.05, 4.69) is 5.84 Å². The van der Waals surface area contributed by atoms with Crippen LogP contribution in [-0.2, 0) is 11.2 Å². The van der Waals surface area contributed by atoms with Crippen LogP contribution in [0.4, 0.5) is 10.1 Å². The Morgan fingerprint density at radius 3 is 2.52 bits per heavy atom. The predicted molar refractivity (Wildman–Crippen MR) is 89.4 cm³/mol. The molecule has 0 fully saturated rings. The second kappa shape index (κ2) is 9.39. The summed E-state index contributed by atoms with van der Waals surface area (Å²) < 4.78 is 19.1. The van der Waals surface area contributed by atoms with Crippen LogP contribution in [0.5, 0.6) is 0 Å². The molecule has 7 heteroatoms. The van der Waals surface area contributed by atoms with E-state index in [9.17, 15) is 4.39 Å². The van der Waals surface area contributed by atoms with E-state index in [4.69, 9.17) is 15.1 Å². The van der Waals surface area contributed by atoms with E-state index in [0.717, 1.165) is 17.0 Å². The van der Waals surface area contributed by atoms with Crippen molar-refractivity contribution < 1.29 is 13.6 Å². The van der Waals surface area contributed by atoms with Gasteiger partial charge in [0.15, 0.2) is 0 Å². The molecule has 0 saturated carbocycles. The van der Waals surface area contributed by atoms with Crippen molar-refractivity contribution in [3.8, 4) is 0 Å². The van der Waals surface area contributed by atoms with Gasteiger partial charge in [0, 0.05) is 12.6 Å². The molecule has 6 nitrogen and oxygen atoms in total. The Morgan fingerprint density at radius 2 is 2.04 bits per heavy atom. The third-order valence-corrected chi connectivity index (χ3v) is 3.04. The summed E-state index contributed by atoms with van der Waals surface area (Å²) in [4.78, 5) is 8.94. The summed E-state index contributed by atoms with van der Waals surface area (Å²) in [6.45, 7) is 1.92. The van der Waals surface area contributed by atoms with Gasteiger partial charge in [-0.1, -0.05) is 6.92 Å². The fourth-order valence-electron chi connectivity index (χ4n) is 2.03. The van der Waals surface area contributed by atoms with Crippen LogP contribution >= 0.6 is 0 Å². The maximum Gasteiger partial charge on any atom is 0.221 e. The van der Waals surface area contributed by atoms with Gasteiger partial charge in [-0.05, 0) is 48.4 Å². The molecule has 0 atom stereocenters. The molecule has 1 amide bonds. The van der Waals surface area contributed by atoms with Crippen LogP contribution in [0.1, 0.15) is 23.8 Å². The highest BCUT2D eigenvalue weighted by Gasteiger charge is 2.11. The van der Waals surface area contributed by atoms with Gasteiger partial charge in [0.05, 0.1) is 12.0 Å². The summed E-state index contributed by atoms with van der Waals surface area (Å²) in [5.74, 6) is 10.7. The molecule has 124 valence electrons. The maximum atomic E-state index is 13.8. The van der Waals surface area contributed by atoms with Gasteiger partial charge in [-0.2, -0.15) is 0 Å². The number of nitrogens with one attached hydrogen (secondary N) is 1. The van der Waals surface area contributed by atoms with Crippen molar-refractivity contribution in [2.45, 2.75) is 13.3 Å². The van der Waals surface area contributed by atoms with Crippen LogP contribution < -0.4 is 22.1 Å². The molecule has 23 heavy (non-hydrogen) atoms. The van der Waals surface area contributed by atoms with Gasteiger partial charge in [-0.3, -0.25) is 10.2 Å². The molecule has 2 aromatic rings. The van der Waals surface area contributed by atoms with Crippen LogP contribution in [0.3, 0.4) is 0 Å². The SMILES string of the molecule is CCc1c(F)ccc(N(C)N)c1/C=C/c1ccco1.NNC=O. The highest BCUT2D eigenvalue weighted by molar-refractivity contribution is 5.78. The molecule has 0 unspecified atom stereocenters. The summed E-state index contributed by atoms with van der Waals surface area (Å²) in [7, 11) is 1.73. The first-order valence-electron chi connectivity index (χ1n) is 6.96. The first-order chi connectivity index (χ1) is 11.0. The first kappa shape index (κ1) is 18.4. The zero-order valence-corrected chi connectivity index (χ0v) is 13.1. The van der Waals surface area contributed by atoms with Crippen molar-refractivity contribution in [3.63, 3.8) is 0 Å². The molecule has 0 aliphatic heterocycles. The van der Waals surface area contributed by atoms with E-state index in [1.165, 1.54) is 11.1 Å². The number of amides is 1. The highest BCUT2D eigenvalue weighted by atomic mass is 19.1. The second-order valence-electron chi connectivity index (χ2n) is 4.56. The van der Waals surface area contributed by atoms with E-state index in [0.29, 0.717) is 18.4 Å². The number of rotatable bonds is 5. The molecule has 0 bridgehead atoms. The Morgan fingerprint density at radius 1 is 1.35 bits per heavy atom. The van der Waals surface area contributed by atoms with Gasteiger partial charge in [0.2, 0.25) is 6.41 Å². The zero-order valence-electron chi connectivity index (χ0n) is 13.1. The van der Waals surface area contributed by atoms with E-state index in [1.807, 2.05) is 25.1 Å². The Bertz CT molecular complexity index is 640. The average Bonchev–Trinajstić information content (AvgIpc) is 3.06. The number of carbonyl (C=O) groups is 1. The number of benzene rings is 1. The number of anilines is 1. The Kier molecular flexibility index (Phi) is 7.52. The minimum absolute atomic E-state index is 0.216. The van der Waals surface area contributed by atoms with Crippen molar-refractivity contribution in [3.05, 3.63) is 53.2 Å². The van der Waals surface area contributed by atoms with Gasteiger partial charge in [0.25, 0.3) is 0 Å². The van der Waals surface area contributed by atoms with Crippen LogP contribution in [0.2, 0.25) is 0 Å². The Balaban J connectivity index is 0.000000593. The van der Waals surface area contributed by atoms with Crippen molar-refractivity contribution in [1.29, 1.82) is 0 Å². The van der Waals surface area contributed by atoms with Gasteiger partial charge < -0.3 is 9.43 Å². The lowest BCUT2D eigenvalue weighted by Crippen LogP contribution is -2.26. The predicted octanol–water partition coefficient (Wildman–Crippen LogP) is 2.07. The smallest absolute Gasteiger partial charge is 0.221 e. The largest absolute Gasteiger partial charge is 0.465 e. The maximum absolute atomic E-state index is 13.8. The van der Waals surface area contributed by atoms with E-state index < -0.39 is 0 Å². The molecule has 5 N–H and O–H groups in total. The molecule has 0 radical (unpaired) electrons. The van der Waals surface area contributed by atoms with E-state index in [-0.39, 0.29) is 5.82 Å². The monoisotopic (exact) mass is 320 g/mol. The van der Waals surface area contributed by atoms with Gasteiger partial charge in [-0.25, -0.2) is 16.1 Å². The Hall–Kier alpha value is -2.64. The van der Waals surface area contributed by atoms with Crippen LogP contribution in [0.15, 0.2) is 34.9 Å². The molecule has 0 saturated heterocycles. The normalized spacial score (nSPS) is 10.1. The molecular formula is C16H21FN4O2. The topological polar surface area (TPSA) is 97.5 Å². The van der Waals surface area contributed by atoms with Crippen molar-refractivity contribution >= 4 is 24.2 Å². The molecular weight excluding hydrogens is 299 g/mol. The lowest BCUT2D eigenvalue weighted by Gasteiger charge is -2.18. The van der Waals surface area contributed by atoms with Crippen molar-refractivity contribution in [2.75, 3.05) is 12.1 Å². The zero-order chi connectivity index (χ0) is 17.2.